The van der Waals surface area contributed by atoms with E-state index in [1.54, 1.807) is 6.07 Å². The molecule has 1 aromatic heterocycles. The van der Waals surface area contributed by atoms with Crippen molar-refractivity contribution >= 4 is 40.1 Å². The summed E-state index contributed by atoms with van der Waals surface area (Å²) in [4.78, 5) is 15.0. The van der Waals surface area contributed by atoms with Gasteiger partial charge in [-0.05, 0) is 23.3 Å². The Morgan fingerprint density at radius 3 is 2.71 bits per heavy atom. The lowest BCUT2D eigenvalue weighted by Crippen LogP contribution is -2.45. The molecule has 4 rings (SSSR count). The van der Waals surface area contributed by atoms with Gasteiger partial charge in [0.2, 0.25) is 0 Å². The number of carboxylic acids is 1. The summed E-state index contributed by atoms with van der Waals surface area (Å²) in [6.45, 7) is 0. The zero-order valence-corrected chi connectivity index (χ0v) is 14.0. The molecular weight excluding hydrogens is 347 g/mol. The van der Waals surface area contributed by atoms with Crippen molar-refractivity contribution in [3.05, 3.63) is 69.3 Å². The van der Waals surface area contributed by atoms with E-state index in [4.69, 9.17) is 23.2 Å². The van der Waals surface area contributed by atoms with Crippen LogP contribution in [0.1, 0.15) is 22.9 Å². The third-order valence-electron chi connectivity index (χ3n) is 4.50. The van der Waals surface area contributed by atoms with Crippen LogP contribution < -0.4 is 5.32 Å². The maximum absolute atomic E-state index is 11.6. The number of rotatable bonds is 2. The highest BCUT2D eigenvalue weighted by Crippen LogP contribution is 2.39. The fourth-order valence-corrected chi connectivity index (χ4v) is 3.80. The molecule has 0 radical (unpaired) electrons. The van der Waals surface area contributed by atoms with Gasteiger partial charge in [0.25, 0.3) is 0 Å². The summed E-state index contributed by atoms with van der Waals surface area (Å²) >= 11 is 12.5. The van der Waals surface area contributed by atoms with Crippen LogP contribution in [0.4, 0.5) is 0 Å². The van der Waals surface area contributed by atoms with Gasteiger partial charge in [0.15, 0.2) is 0 Å². The van der Waals surface area contributed by atoms with E-state index in [1.165, 1.54) is 0 Å². The molecule has 2 heterocycles. The summed E-state index contributed by atoms with van der Waals surface area (Å²) in [5.41, 5.74) is 3.71. The molecule has 2 atom stereocenters. The Morgan fingerprint density at radius 1 is 1.12 bits per heavy atom. The number of hydrogen-bond acceptors (Lipinski definition) is 2. The molecule has 122 valence electrons. The van der Waals surface area contributed by atoms with Crippen molar-refractivity contribution in [3.63, 3.8) is 0 Å². The summed E-state index contributed by atoms with van der Waals surface area (Å²) < 4.78 is 0. The highest BCUT2D eigenvalue weighted by atomic mass is 35.5. The summed E-state index contributed by atoms with van der Waals surface area (Å²) in [6.07, 6.45) is 0.420. The molecule has 0 saturated heterocycles. The smallest absolute Gasteiger partial charge is 0.321 e. The molecule has 0 amide bonds. The quantitative estimate of drug-likeness (QED) is 0.642. The van der Waals surface area contributed by atoms with Gasteiger partial charge < -0.3 is 10.1 Å². The van der Waals surface area contributed by atoms with E-state index in [-0.39, 0.29) is 6.04 Å². The number of nitrogens with one attached hydrogen (secondary N) is 2. The van der Waals surface area contributed by atoms with Crippen molar-refractivity contribution in [2.45, 2.75) is 18.5 Å². The number of aromatic nitrogens is 1. The monoisotopic (exact) mass is 360 g/mol. The maximum Gasteiger partial charge on any atom is 0.321 e. The van der Waals surface area contributed by atoms with E-state index in [0.717, 1.165) is 27.7 Å². The van der Waals surface area contributed by atoms with Crippen LogP contribution in [0.2, 0.25) is 10.0 Å². The second kappa shape index (κ2) is 5.81. The molecule has 1 aliphatic heterocycles. The Kier molecular flexibility index (Phi) is 3.76. The molecule has 1 aliphatic rings. The third-order valence-corrected chi connectivity index (χ3v) is 5.34. The van der Waals surface area contributed by atoms with Gasteiger partial charge >= 0.3 is 5.97 Å². The summed E-state index contributed by atoms with van der Waals surface area (Å²) in [5, 5.41) is 14.6. The van der Waals surface area contributed by atoms with Crippen LogP contribution in [0.3, 0.4) is 0 Å². The molecule has 3 aromatic rings. The van der Waals surface area contributed by atoms with Crippen LogP contribution in [-0.2, 0) is 11.2 Å². The highest BCUT2D eigenvalue weighted by molar-refractivity contribution is 6.42. The van der Waals surface area contributed by atoms with Gasteiger partial charge in [-0.3, -0.25) is 10.1 Å². The van der Waals surface area contributed by atoms with Gasteiger partial charge in [0.1, 0.15) is 6.04 Å². The largest absolute Gasteiger partial charge is 0.480 e. The van der Waals surface area contributed by atoms with Crippen LogP contribution >= 0.6 is 23.2 Å². The molecular formula is C18H14Cl2N2O2. The summed E-state index contributed by atoms with van der Waals surface area (Å²) in [6, 6.07) is 12.3. The van der Waals surface area contributed by atoms with Crippen molar-refractivity contribution in [3.8, 4) is 0 Å². The first-order chi connectivity index (χ1) is 11.6. The SMILES string of the molecule is O=C(O)[C@H]1Cc2c([nH]c3ccccc23)[C@H](c2cccc(Cl)c2Cl)N1. The van der Waals surface area contributed by atoms with Crippen molar-refractivity contribution < 1.29 is 9.90 Å². The molecule has 0 aliphatic carbocycles. The van der Waals surface area contributed by atoms with Gasteiger partial charge in [-0.15, -0.1) is 0 Å². The number of halogens is 2. The normalized spacial score (nSPS) is 20.1. The lowest BCUT2D eigenvalue weighted by atomic mass is 9.90. The first-order valence-corrected chi connectivity index (χ1v) is 8.34. The summed E-state index contributed by atoms with van der Waals surface area (Å²) in [7, 11) is 0. The Bertz CT molecular complexity index is 951. The van der Waals surface area contributed by atoms with Crippen LogP contribution in [-0.4, -0.2) is 22.1 Å². The van der Waals surface area contributed by atoms with E-state index in [2.05, 4.69) is 10.3 Å². The molecule has 3 N–H and O–H groups in total. The first-order valence-electron chi connectivity index (χ1n) is 7.58. The number of aliphatic carboxylic acids is 1. The molecule has 0 bridgehead atoms. The van der Waals surface area contributed by atoms with Crippen LogP contribution in [0.25, 0.3) is 10.9 Å². The number of benzene rings is 2. The minimum absolute atomic E-state index is 0.353. The van der Waals surface area contributed by atoms with E-state index in [0.29, 0.717) is 16.5 Å². The molecule has 0 fully saturated rings. The number of carboxylic acid groups (broad SMARTS) is 1. The van der Waals surface area contributed by atoms with Crippen LogP contribution in [0, 0.1) is 0 Å². The predicted octanol–water partition coefficient (Wildman–Crippen LogP) is 4.16. The lowest BCUT2D eigenvalue weighted by molar-refractivity contribution is -0.139. The second-order valence-electron chi connectivity index (χ2n) is 5.90. The van der Waals surface area contributed by atoms with Gasteiger partial charge in [-0.2, -0.15) is 0 Å². The number of aromatic amines is 1. The van der Waals surface area contributed by atoms with E-state index < -0.39 is 12.0 Å². The van der Waals surface area contributed by atoms with Crippen molar-refractivity contribution in [2.75, 3.05) is 0 Å². The lowest BCUT2D eigenvalue weighted by Gasteiger charge is -2.30. The number of H-pyrrole nitrogens is 1. The number of hydrogen-bond donors (Lipinski definition) is 3. The van der Waals surface area contributed by atoms with Crippen LogP contribution in [0.5, 0.6) is 0 Å². The van der Waals surface area contributed by atoms with Crippen LogP contribution in [0.15, 0.2) is 42.5 Å². The molecule has 2 aromatic carbocycles. The zero-order chi connectivity index (χ0) is 16.8. The van der Waals surface area contributed by atoms with E-state index >= 15 is 0 Å². The molecule has 0 unspecified atom stereocenters. The first kappa shape index (κ1) is 15.5. The van der Waals surface area contributed by atoms with E-state index in [9.17, 15) is 9.90 Å². The Hall–Kier alpha value is -2.01. The van der Waals surface area contributed by atoms with Gasteiger partial charge in [-0.25, -0.2) is 0 Å². The Balaban J connectivity index is 1.94. The van der Waals surface area contributed by atoms with Gasteiger partial charge in [0.05, 0.1) is 16.1 Å². The fourth-order valence-electron chi connectivity index (χ4n) is 3.38. The number of fused-ring (bicyclic) bond motifs is 3. The summed E-state index contributed by atoms with van der Waals surface area (Å²) in [5.74, 6) is -0.880. The fraction of sp³-hybridized carbons (Fsp3) is 0.167. The van der Waals surface area contributed by atoms with Gasteiger partial charge in [-0.1, -0.05) is 53.5 Å². The molecule has 4 nitrogen and oxygen atoms in total. The second-order valence-corrected chi connectivity index (χ2v) is 6.69. The third kappa shape index (κ3) is 2.38. The zero-order valence-electron chi connectivity index (χ0n) is 12.5. The number of carbonyl (C=O) groups is 1. The minimum Gasteiger partial charge on any atom is -0.480 e. The maximum atomic E-state index is 11.6. The topological polar surface area (TPSA) is 65.1 Å². The Labute approximate surface area is 148 Å². The molecule has 24 heavy (non-hydrogen) atoms. The van der Waals surface area contributed by atoms with Gasteiger partial charge in [0, 0.05) is 23.0 Å². The van der Waals surface area contributed by atoms with Crippen molar-refractivity contribution in [1.82, 2.24) is 10.3 Å². The standard InChI is InChI=1S/C18H14Cl2N2O2/c19-12-6-3-5-10(15(12)20)16-17-11(8-14(22-16)18(23)24)9-4-1-2-7-13(9)21-17/h1-7,14,16,21-22H,8H2,(H,23,24)/t14-,16+/m1/s1. The molecule has 0 spiro atoms. The highest BCUT2D eigenvalue weighted by Gasteiger charge is 2.34. The number of para-hydroxylation sites is 1. The predicted molar refractivity (Wildman–Crippen MR) is 94.9 cm³/mol. The molecule has 6 heteroatoms. The average Bonchev–Trinajstić information content (AvgIpc) is 2.95. The Morgan fingerprint density at radius 2 is 1.92 bits per heavy atom. The molecule has 0 saturated carbocycles. The average molecular weight is 361 g/mol. The minimum atomic E-state index is -0.880. The van der Waals surface area contributed by atoms with Crippen molar-refractivity contribution in [2.24, 2.45) is 0 Å². The van der Waals surface area contributed by atoms with E-state index in [1.807, 2.05) is 36.4 Å². The van der Waals surface area contributed by atoms with Crippen molar-refractivity contribution in [1.29, 1.82) is 0 Å².